The van der Waals surface area contributed by atoms with Crippen LogP contribution in [-0.2, 0) is 16.6 Å². The maximum atomic E-state index is 6.60. The van der Waals surface area contributed by atoms with Gasteiger partial charge >= 0.3 is 0 Å². The molecule has 2 aliphatic rings. The standard InChI is InChI=1S/C46H40N4O/c1-26-11-13-38-34(19-26)36-24-37-35-20-27(2)12-14-39(35)50(43-23-31(15-16-47-43)46(4,5)6)41(37)25-40(36)49(38)32-18-28(3)17-30(21-32)45-48-44-33-10-8-7-9-29(33)22-42(44)51-45/h7-21,23-25,42,44H,22H2,1-6H3/t42-,44+/m0/s1. The molecule has 0 saturated heterocycles. The summed E-state index contributed by atoms with van der Waals surface area (Å²) in [6.45, 7) is 13.3. The van der Waals surface area contributed by atoms with E-state index in [0.717, 1.165) is 45.9 Å². The van der Waals surface area contributed by atoms with Gasteiger partial charge in [-0.15, -0.1) is 0 Å². The Morgan fingerprint density at radius 1 is 0.647 bits per heavy atom. The van der Waals surface area contributed by atoms with Gasteiger partial charge in [0.1, 0.15) is 18.0 Å². The molecule has 4 heterocycles. The SMILES string of the molecule is Cc1cc(C2=N[C@@H]3c4ccccc4C[C@@H]3O2)cc(-n2c3ccc(C)cc3c3cc4c5cc(C)ccc5n(-c5cc(C(C)(C)C)ccn5)c4cc32)c1. The Balaban J connectivity index is 1.23. The van der Waals surface area contributed by atoms with Gasteiger partial charge in [-0.25, -0.2) is 9.98 Å². The van der Waals surface area contributed by atoms with Crippen molar-refractivity contribution in [2.45, 2.75) is 65.5 Å². The quantitative estimate of drug-likeness (QED) is 0.189. The first-order valence-electron chi connectivity index (χ1n) is 18.0. The molecule has 5 nitrogen and oxygen atoms in total. The minimum atomic E-state index is 0.00281. The molecule has 5 heteroatoms. The first-order valence-corrected chi connectivity index (χ1v) is 18.0. The smallest absolute Gasteiger partial charge is 0.217 e. The van der Waals surface area contributed by atoms with Gasteiger partial charge in [0.05, 0.1) is 22.1 Å². The van der Waals surface area contributed by atoms with E-state index in [-0.39, 0.29) is 17.6 Å². The number of fused-ring (bicyclic) bond motifs is 9. The van der Waals surface area contributed by atoms with Crippen LogP contribution in [0, 0.1) is 20.8 Å². The summed E-state index contributed by atoms with van der Waals surface area (Å²) in [5.74, 6) is 1.68. The number of aryl methyl sites for hydroxylation is 3. The van der Waals surface area contributed by atoms with Gasteiger partial charge in [-0.1, -0.05) is 68.3 Å². The van der Waals surface area contributed by atoms with Gasteiger partial charge in [0.2, 0.25) is 5.90 Å². The second-order valence-electron chi connectivity index (χ2n) is 15.7. The van der Waals surface area contributed by atoms with Crippen molar-refractivity contribution in [2.24, 2.45) is 4.99 Å². The average Bonchev–Trinajstić information content (AvgIpc) is 3.84. The molecule has 0 spiro atoms. The Labute approximate surface area is 297 Å². The second kappa shape index (κ2) is 10.7. The Morgan fingerprint density at radius 3 is 2.08 bits per heavy atom. The van der Waals surface area contributed by atoms with Crippen LogP contribution >= 0.6 is 0 Å². The number of hydrogen-bond acceptors (Lipinski definition) is 3. The molecule has 51 heavy (non-hydrogen) atoms. The highest BCUT2D eigenvalue weighted by Gasteiger charge is 2.39. The van der Waals surface area contributed by atoms with Crippen molar-refractivity contribution in [3.05, 3.63) is 148 Å². The summed E-state index contributed by atoms with van der Waals surface area (Å²) < 4.78 is 11.4. The van der Waals surface area contributed by atoms with E-state index in [2.05, 4.69) is 154 Å². The van der Waals surface area contributed by atoms with Crippen LogP contribution in [0.3, 0.4) is 0 Å². The van der Waals surface area contributed by atoms with Crippen LogP contribution in [0.25, 0.3) is 55.1 Å². The predicted molar refractivity (Wildman–Crippen MR) is 210 cm³/mol. The number of rotatable bonds is 3. The van der Waals surface area contributed by atoms with Crippen LogP contribution in [0.2, 0.25) is 0 Å². The summed E-state index contributed by atoms with van der Waals surface area (Å²) >= 11 is 0. The summed E-state index contributed by atoms with van der Waals surface area (Å²) in [5.41, 5.74) is 14.3. The number of aromatic nitrogens is 3. The summed E-state index contributed by atoms with van der Waals surface area (Å²) in [5, 5.41) is 4.96. The van der Waals surface area contributed by atoms with Crippen molar-refractivity contribution < 1.29 is 4.74 Å². The van der Waals surface area contributed by atoms with Crippen molar-refractivity contribution in [3.8, 4) is 11.5 Å². The molecular weight excluding hydrogens is 625 g/mol. The maximum Gasteiger partial charge on any atom is 0.217 e. The Kier molecular flexibility index (Phi) is 6.31. The van der Waals surface area contributed by atoms with E-state index in [1.54, 1.807) is 0 Å². The molecule has 250 valence electrons. The molecule has 1 aliphatic carbocycles. The summed E-state index contributed by atoms with van der Waals surface area (Å²) in [7, 11) is 0. The zero-order chi connectivity index (χ0) is 34.8. The Hall–Kier alpha value is -5.68. The third kappa shape index (κ3) is 4.60. The molecule has 0 saturated carbocycles. The monoisotopic (exact) mass is 664 g/mol. The number of ether oxygens (including phenoxy) is 1. The van der Waals surface area contributed by atoms with E-state index < -0.39 is 0 Å². The van der Waals surface area contributed by atoms with E-state index in [1.807, 2.05) is 6.20 Å². The van der Waals surface area contributed by atoms with Crippen LogP contribution in [0.15, 0.2) is 114 Å². The molecule has 0 unspecified atom stereocenters. The highest BCUT2D eigenvalue weighted by molar-refractivity contribution is 6.19. The number of nitrogens with zero attached hydrogens (tertiary/aromatic N) is 4. The Morgan fingerprint density at radius 2 is 1.33 bits per heavy atom. The minimum Gasteiger partial charge on any atom is -0.471 e. The summed E-state index contributed by atoms with van der Waals surface area (Å²) in [6.07, 6.45) is 2.91. The molecule has 1 aliphatic heterocycles. The van der Waals surface area contributed by atoms with E-state index in [4.69, 9.17) is 14.7 Å². The fourth-order valence-electron chi connectivity index (χ4n) is 8.55. The molecule has 0 radical (unpaired) electrons. The zero-order valence-electron chi connectivity index (χ0n) is 30.0. The van der Waals surface area contributed by atoms with E-state index >= 15 is 0 Å². The molecule has 0 amide bonds. The minimum absolute atomic E-state index is 0.00281. The molecule has 10 rings (SSSR count). The number of aliphatic imine (C=N–C) groups is 1. The van der Waals surface area contributed by atoms with Gasteiger partial charge in [0, 0.05) is 45.4 Å². The second-order valence-corrected chi connectivity index (χ2v) is 15.7. The van der Waals surface area contributed by atoms with Crippen molar-refractivity contribution in [1.29, 1.82) is 0 Å². The predicted octanol–water partition coefficient (Wildman–Crippen LogP) is 10.9. The number of pyridine rings is 1. The average molecular weight is 665 g/mol. The molecule has 5 aromatic carbocycles. The number of benzene rings is 5. The lowest BCUT2D eigenvalue weighted by molar-refractivity contribution is 0.206. The summed E-state index contributed by atoms with van der Waals surface area (Å²) in [6, 6.07) is 38.2. The number of hydrogen-bond donors (Lipinski definition) is 0. The van der Waals surface area contributed by atoms with Crippen molar-refractivity contribution in [3.63, 3.8) is 0 Å². The highest BCUT2D eigenvalue weighted by Crippen LogP contribution is 2.43. The molecular formula is C46H40N4O. The zero-order valence-corrected chi connectivity index (χ0v) is 30.0. The maximum absolute atomic E-state index is 6.60. The van der Waals surface area contributed by atoms with Crippen LogP contribution in [-0.4, -0.2) is 26.1 Å². The lowest BCUT2D eigenvalue weighted by atomic mass is 9.88. The van der Waals surface area contributed by atoms with Gasteiger partial charge < -0.3 is 9.30 Å². The van der Waals surface area contributed by atoms with Gasteiger partial charge in [-0.05, 0) is 115 Å². The molecule has 0 N–H and O–H groups in total. The van der Waals surface area contributed by atoms with Gasteiger partial charge in [0.25, 0.3) is 0 Å². The van der Waals surface area contributed by atoms with E-state index in [0.29, 0.717) is 0 Å². The molecule has 3 aromatic heterocycles. The van der Waals surface area contributed by atoms with Crippen molar-refractivity contribution >= 4 is 49.5 Å². The molecule has 2 atom stereocenters. The fraction of sp³-hybridized carbons (Fsp3) is 0.217. The largest absolute Gasteiger partial charge is 0.471 e. The van der Waals surface area contributed by atoms with Gasteiger partial charge in [-0.2, -0.15) is 0 Å². The first-order chi connectivity index (χ1) is 24.6. The molecule has 0 bridgehead atoms. The first kappa shape index (κ1) is 30.2. The topological polar surface area (TPSA) is 44.3 Å². The fourth-order valence-corrected chi connectivity index (χ4v) is 8.55. The van der Waals surface area contributed by atoms with E-state index in [1.165, 1.54) is 60.4 Å². The van der Waals surface area contributed by atoms with E-state index in [9.17, 15) is 0 Å². The van der Waals surface area contributed by atoms with Crippen LogP contribution in [0.4, 0.5) is 0 Å². The van der Waals surface area contributed by atoms with Crippen LogP contribution < -0.4 is 0 Å². The molecule has 0 fully saturated rings. The summed E-state index contributed by atoms with van der Waals surface area (Å²) in [4.78, 5) is 10.1. The van der Waals surface area contributed by atoms with Crippen LogP contribution in [0.5, 0.6) is 0 Å². The Bertz CT molecular complexity index is 2790. The lowest BCUT2D eigenvalue weighted by Crippen LogP contribution is -2.14. The van der Waals surface area contributed by atoms with Crippen molar-refractivity contribution in [1.82, 2.24) is 14.1 Å². The van der Waals surface area contributed by atoms with Crippen molar-refractivity contribution in [2.75, 3.05) is 0 Å². The van der Waals surface area contributed by atoms with Crippen LogP contribution in [0.1, 0.15) is 65.8 Å². The highest BCUT2D eigenvalue weighted by atomic mass is 16.5. The van der Waals surface area contributed by atoms with Gasteiger partial charge in [0.15, 0.2) is 0 Å². The lowest BCUT2D eigenvalue weighted by Gasteiger charge is -2.20. The van der Waals surface area contributed by atoms with Gasteiger partial charge in [-0.3, -0.25) is 4.57 Å². The third-order valence-electron chi connectivity index (χ3n) is 11.0. The molecule has 8 aromatic rings. The third-order valence-corrected chi connectivity index (χ3v) is 11.0. The normalized spacial score (nSPS) is 17.0.